The minimum atomic E-state index is 0.559. The van der Waals surface area contributed by atoms with Crippen LogP contribution >= 0.6 is 0 Å². The van der Waals surface area contributed by atoms with Crippen molar-refractivity contribution in [3.63, 3.8) is 0 Å². The molecule has 0 unspecified atom stereocenters. The lowest BCUT2D eigenvalue weighted by Crippen LogP contribution is -2.43. The molecule has 8 nitrogen and oxygen atoms in total. The van der Waals surface area contributed by atoms with Crippen LogP contribution in [0.1, 0.15) is 12.5 Å². The third kappa shape index (κ3) is 4.56. The monoisotopic (exact) mass is 440 g/mol. The van der Waals surface area contributed by atoms with Gasteiger partial charge in [0.2, 0.25) is 5.95 Å². The average Bonchev–Trinajstić information content (AvgIpc) is 3.30. The Morgan fingerprint density at radius 1 is 1.09 bits per heavy atom. The van der Waals surface area contributed by atoms with Gasteiger partial charge in [-0.3, -0.25) is 9.67 Å². The van der Waals surface area contributed by atoms with Crippen LogP contribution in [0.2, 0.25) is 0 Å². The van der Waals surface area contributed by atoms with Gasteiger partial charge in [0, 0.05) is 80.0 Å². The van der Waals surface area contributed by atoms with Crippen LogP contribution in [0.25, 0.3) is 22.5 Å². The Labute approximate surface area is 193 Å². The number of nitrogens with one attached hydrogen (secondary N) is 2. The molecule has 0 atom stereocenters. The van der Waals surface area contributed by atoms with Crippen molar-refractivity contribution in [1.29, 1.82) is 0 Å². The fourth-order valence-corrected chi connectivity index (χ4v) is 4.18. The highest BCUT2D eigenvalue weighted by atomic mass is 15.3. The number of hydrogen-bond donors (Lipinski definition) is 2. The molecular formula is C25H28N8. The third-order valence-electron chi connectivity index (χ3n) is 5.86. The summed E-state index contributed by atoms with van der Waals surface area (Å²) in [6.45, 7) is 9.11. The van der Waals surface area contributed by atoms with E-state index in [1.807, 2.05) is 35.3 Å². The number of anilines is 3. The highest BCUT2D eigenvalue weighted by molar-refractivity contribution is 5.78. The number of aromatic nitrogens is 5. The second-order valence-corrected chi connectivity index (χ2v) is 8.12. The summed E-state index contributed by atoms with van der Waals surface area (Å²) in [7, 11) is 0. The SMILES string of the molecule is CCn1cc(-c2ccnc(Nc3ccc(N4CCNCC4)c(C)c3)n2)c(-c2cccnc2)n1. The van der Waals surface area contributed by atoms with Crippen LogP contribution in [-0.2, 0) is 6.54 Å². The van der Waals surface area contributed by atoms with Crippen molar-refractivity contribution in [2.75, 3.05) is 36.4 Å². The predicted molar refractivity (Wildman–Crippen MR) is 132 cm³/mol. The Hall–Kier alpha value is -3.78. The molecule has 168 valence electrons. The molecule has 33 heavy (non-hydrogen) atoms. The van der Waals surface area contributed by atoms with Gasteiger partial charge in [-0.15, -0.1) is 0 Å². The first-order valence-corrected chi connectivity index (χ1v) is 11.4. The van der Waals surface area contributed by atoms with Gasteiger partial charge in [-0.2, -0.15) is 5.10 Å². The van der Waals surface area contributed by atoms with Gasteiger partial charge in [0.1, 0.15) is 5.69 Å². The van der Waals surface area contributed by atoms with Crippen LogP contribution in [0, 0.1) is 6.92 Å². The third-order valence-corrected chi connectivity index (χ3v) is 5.86. The number of nitrogens with zero attached hydrogens (tertiary/aromatic N) is 6. The molecule has 1 aromatic carbocycles. The van der Waals surface area contributed by atoms with Gasteiger partial charge < -0.3 is 15.5 Å². The molecule has 0 saturated carbocycles. The van der Waals surface area contributed by atoms with E-state index in [0.717, 1.165) is 60.9 Å². The van der Waals surface area contributed by atoms with Gasteiger partial charge in [0.15, 0.2) is 0 Å². The van der Waals surface area contributed by atoms with E-state index in [0.29, 0.717) is 5.95 Å². The lowest BCUT2D eigenvalue weighted by atomic mass is 10.1. The summed E-state index contributed by atoms with van der Waals surface area (Å²) in [5, 5.41) is 11.5. The molecule has 4 aromatic rings. The number of pyridine rings is 1. The molecular weight excluding hydrogens is 412 g/mol. The quantitative estimate of drug-likeness (QED) is 0.471. The second-order valence-electron chi connectivity index (χ2n) is 8.12. The number of benzene rings is 1. The van der Waals surface area contributed by atoms with Crippen molar-refractivity contribution >= 4 is 17.3 Å². The maximum atomic E-state index is 4.80. The van der Waals surface area contributed by atoms with Gasteiger partial charge in [-0.05, 0) is 55.8 Å². The van der Waals surface area contributed by atoms with E-state index in [-0.39, 0.29) is 0 Å². The molecule has 2 N–H and O–H groups in total. The standard InChI is InChI=1S/C25H28N8/c1-3-33-17-21(24(31-33)19-5-4-9-27-16-19)22-8-10-28-25(30-22)29-20-6-7-23(18(2)15-20)32-13-11-26-12-14-32/h4-10,15-17,26H,3,11-14H2,1-2H3,(H,28,29,30). The van der Waals surface area contributed by atoms with Gasteiger partial charge in [0.25, 0.3) is 0 Å². The average molecular weight is 441 g/mol. The van der Waals surface area contributed by atoms with Crippen molar-refractivity contribution in [2.45, 2.75) is 20.4 Å². The molecule has 0 bridgehead atoms. The predicted octanol–water partition coefficient (Wildman–Crippen LogP) is 3.88. The molecule has 1 fully saturated rings. The summed E-state index contributed by atoms with van der Waals surface area (Å²) < 4.78 is 1.92. The van der Waals surface area contributed by atoms with Crippen molar-refractivity contribution < 1.29 is 0 Å². The van der Waals surface area contributed by atoms with Crippen LogP contribution < -0.4 is 15.5 Å². The zero-order valence-electron chi connectivity index (χ0n) is 19.0. The first-order chi connectivity index (χ1) is 16.2. The molecule has 0 radical (unpaired) electrons. The molecule has 1 aliphatic rings. The smallest absolute Gasteiger partial charge is 0.227 e. The van der Waals surface area contributed by atoms with E-state index in [1.54, 1.807) is 12.4 Å². The van der Waals surface area contributed by atoms with Gasteiger partial charge >= 0.3 is 0 Å². The van der Waals surface area contributed by atoms with Crippen LogP contribution in [-0.4, -0.2) is 50.9 Å². The first kappa shape index (κ1) is 21.1. The van der Waals surface area contributed by atoms with Crippen molar-refractivity contribution in [1.82, 2.24) is 30.0 Å². The molecule has 0 aliphatic carbocycles. The Morgan fingerprint density at radius 2 is 1.97 bits per heavy atom. The van der Waals surface area contributed by atoms with Crippen LogP contribution in [0.3, 0.4) is 0 Å². The Bertz CT molecular complexity index is 1230. The normalized spacial score (nSPS) is 13.8. The minimum absolute atomic E-state index is 0.559. The first-order valence-electron chi connectivity index (χ1n) is 11.4. The number of rotatable bonds is 6. The van der Waals surface area contributed by atoms with Crippen LogP contribution in [0.5, 0.6) is 0 Å². The van der Waals surface area contributed by atoms with Gasteiger partial charge in [-0.25, -0.2) is 9.97 Å². The maximum Gasteiger partial charge on any atom is 0.227 e. The Balaban J connectivity index is 1.42. The van der Waals surface area contributed by atoms with Crippen LogP contribution in [0.15, 0.2) is 61.2 Å². The number of hydrogen-bond acceptors (Lipinski definition) is 7. The topological polar surface area (TPSA) is 83.8 Å². The Kier molecular flexibility index (Phi) is 5.99. The highest BCUT2D eigenvalue weighted by Crippen LogP contribution is 2.30. The van der Waals surface area contributed by atoms with E-state index < -0.39 is 0 Å². The van der Waals surface area contributed by atoms with Crippen molar-refractivity contribution in [3.05, 3.63) is 66.7 Å². The summed E-state index contributed by atoms with van der Waals surface area (Å²) in [5.74, 6) is 0.559. The number of piperazine rings is 1. The maximum absolute atomic E-state index is 4.80. The minimum Gasteiger partial charge on any atom is -0.369 e. The molecule has 8 heteroatoms. The summed E-state index contributed by atoms with van der Waals surface area (Å²) in [5.41, 5.74) is 7.10. The molecule has 0 amide bonds. The van der Waals surface area contributed by atoms with E-state index in [4.69, 9.17) is 10.1 Å². The lowest BCUT2D eigenvalue weighted by Gasteiger charge is -2.30. The van der Waals surface area contributed by atoms with Gasteiger partial charge in [-0.1, -0.05) is 0 Å². The van der Waals surface area contributed by atoms with E-state index >= 15 is 0 Å². The molecule has 0 spiro atoms. The van der Waals surface area contributed by atoms with E-state index in [9.17, 15) is 0 Å². The summed E-state index contributed by atoms with van der Waals surface area (Å²) >= 11 is 0. The molecule has 4 heterocycles. The van der Waals surface area contributed by atoms with Crippen molar-refractivity contribution in [3.8, 4) is 22.5 Å². The second kappa shape index (κ2) is 9.38. The van der Waals surface area contributed by atoms with Crippen LogP contribution in [0.4, 0.5) is 17.3 Å². The fourth-order valence-electron chi connectivity index (χ4n) is 4.18. The molecule has 1 aliphatic heterocycles. The highest BCUT2D eigenvalue weighted by Gasteiger charge is 2.16. The van der Waals surface area contributed by atoms with E-state index in [2.05, 4.69) is 57.5 Å². The largest absolute Gasteiger partial charge is 0.369 e. The lowest BCUT2D eigenvalue weighted by molar-refractivity contribution is 0.588. The molecule has 5 rings (SSSR count). The number of aryl methyl sites for hydroxylation is 2. The summed E-state index contributed by atoms with van der Waals surface area (Å²) in [6, 6.07) is 12.3. The van der Waals surface area contributed by atoms with Crippen molar-refractivity contribution in [2.24, 2.45) is 0 Å². The fraction of sp³-hybridized carbons (Fsp3) is 0.280. The van der Waals surface area contributed by atoms with E-state index in [1.165, 1.54) is 11.3 Å². The zero-order chi connectivity index (χ0) is 22.6. The summed E-state index contributed by atoms with van der Waals surface area (Å²) in [6.07, 6.45) is 7.40. The summed E-state index contributed by atoms with van der Waals surface area (Å²) in [4.78, 5) is 15.9. The molecule has 3 aromatic heterocycles. The zero-order valence-corrected chi connectivity index (χ0v) is 19.0. The Morgan fingerprint density at radius 3 is 2.73 bits per heavy atom. The molecule has 1 saturated heterocycles. The van der Waals surface area contributed by atoms with Gasteiger partial charge in [0.05, 0.1) is 5.69 Å².